The van der Waals surface area contributed by atoms with Gasteiger partial charge in [-0.25, -0.2) is 9.48 Å². The van der Waals surface area contributed by atoms with Gasteiger partial charge in [-0.1, -0.05) is 12.1 Å². The van der Waals surface area contributed by atoms with Crippen molar-refractivity contribution in [2.75, 3.05) is 11.1 Å². The van der Waals surface area contributed by atoms with Crippen molar-refractivity contribution in [1.29, 1.82) is 0 Å². The molecule has 1 aliphatic heterocycles. The topological polar surface area (TPSA) is 84.2 Å². The predicted molar refractivity (Wildman–Crippen MR) is 93.6 cm³/mol. The first-order chi connectivity index (χ1) is 11.3. The maximum Gasteiger partial charge on any atom is 0.335 e. The lowest BCUT2D eigenvalue weighted by molar-refractivity contribution is -0.113. The molecule has 1 aromatic heterocycles. The molecule has 0 bridgehead atoms. The summed E-state index contributed by atoms with van der Waals surface area (Å²) in [6.07, 6.45) is 1.79. The molecule has 1 amide bonds. The van der Waals surface area contributed by atoms with Crippen LogP contribution in [0, 0.1) is 0 Å². The second-order valence-electron chi connectivity index (χ2n) is 6.70. The molecule has 0 unspecified atom stereocenters. The van der Waals surface area contributed by atoms with E-state index in [-0.39, 0.29) is 22.3 Å². The van der Waals surface area contributed by atoms with E-state index in [0.29, 0.717) is 11.6 Å². The van der Waals surface area contributed by atoms with Gasteiger partial charge in [0, 0.05) is 5.56 Å². The molecular formula is C17H19N3O3S. The Morgan fingerprint density at radius 3 is 2.58 bits per heavy atom. The maximum absolute atomic E-state index is 12.1. The van der Waals surface area contributed by atoms with Gasteiger partial charge in [-0.05, 0) is 38.5 Å². The Balaban J connectivity index is 2.06. The molecule has 0 fully saturated rings. The molecule has 2 heterocycles. The standard InChI is InChI=1S/C17H19N3O3S/c1-17(2,3)20-15-12(8-18-20)14(24-9-13(21)19-15)10-4-6-11(7-5-10)16(22)23/h4-8,14H,9H2,1-3H3,(H,19,21)(H,22,23)/t14-/m0/s1. The molecule has 6 nitrogen and oxygen atoms in total. The van der Waals surface area contributed by atoms with Gasteiger partial charge in [-0.2, -0.15) is 5.10 Å². The van der Waals surface area contributed by atoms with Gasteiger partial charge in [-0.15, -0.1) is 11.8 Å². The number of hydrogen-bond donors (Lipinski definition) is 2. The number of thioether (sulfide) groups is 1. The van der Waals surface area contributed by atoms with Crippen molar-refractivity contribution in [2.45, 2.75) is 31.6 Å². The summed E-state index contributed by atoms with van der Waals surface area (Å²) >= 11 is 1.51. The SMILES string of the molecule is CC(C)(C)n1ncc2c1NC(=O)CS[C@H]2c1ccc(C(=O)O)cc1. The van der Waals surface area contributed by atoms with E-state index in [2.05, 4.69) is 10.4 Å². The van der Waals surface area contributed by atoms with E-state index in [1.165, 1.54) is 11.8 Å². The van der Waals surface area contributed by atoms with Crippen molar-refractivity contribution in [3.63, 3.8) is 0 Å². The Labute approximate surface area is 144 Å². The zero-order valence-corrected chi connectivity index (χ0v) is 14.6. The third kappa shape index (κ3) is 3.03. The summed E-state index contributed by atoms with van der Waals surface area (Å²) < 4.78 is 1.82. The second-order valence-corrected chi connectivity index (χ2v) is 7.79. The Hall–Kier alpha value is -2.28. The summed E-state index contributed by atoms with van der Waals surface area (Å²) in [7, 11) is 0. The highest BCUT2D eigenvalue weighted by Crippen LogP contribution is 2.42. The zero-order valence-electron chi connectivity index (χ0n) is 13.7. The monoisotopic (exact) mass is 345 g/mol. The Kier molecular flexibility index (Phi) is 4.13. The van der Waals surface area contributed by atoms with E-state index in [4.69, 9.17) is 5.11 Å². The van der Waals surface area contributed by atoms with Gasteiger partial charge < -0.3 is 10.4 Å². The molecule has 2 aromatic rings. The number of carboxylic acids is 1. The van der Waals surface area contributed by atoms with Gasteiger partial charge >= 0.3 is 5.97 Å². The van der Waals surface area contributed by atoms with Crippen LogP contribution < -0.4 is 5.32 Å². The molecule has 0 radical (unpaired) electrons. The number of carbonyl (C=O) groups is 2. The number of carboxylic acid groups (broad SMARTS) is 1. The van der Waals surface area contributed by atoms with Crippen LogP contribution in [0.15, 0.2) is 30.5 Å². The lowest BCUT2D eigenvalue weighted by Crippen LogP contribution is -2.27. The van der Waals surface area contributed by atoms with E-state index in [1.54, 1.807) is 30.5 Å². The average Bonchev–Trinajstić information content (AvgIpc) is 2.84. The highest BCUT2D eigenvalue weighted by Gasteiger charge is 2.30. The largest absolute Gasteiger partial charge is 0.478 e. The Morgan fingerprint density at radius 2 is 2.00 bits per heavy atom. The van der Waals surface area contributed by atoms with Crippen molar-refractivity contribution in [1.82, 2.24) is 9.78 Å². The van der Waals surface area contributed by atoms with Gasteiger partial charge in [0.2, 0.25) is 5.91 Å². The van der Waals surface area contributed by atoms with Gasteiger partial charge in [0.25, 0.3) is 0 Å². The third-order valence-electron chi connectivity index (χ3n) is 3.81. The summed E-state index contributed by atoms with van der Waals surface area (Å²) in [4.78, 5) is 23.1. The summed E-state index contributed by atoms with van der Waals surface area (Å²) in [5.74, 6) is 0.0411. The van der Waals surface area contributed by atoms with Gasteiger partial charge in [0.05, 0.1) is 28.3 Å². The molecular weight excluding hydrogens is 326 g/mol. The van der Waals surface area contributed by atoms with E-state index < -0.39 is 5.97 Å². The molecule has 0 spiro atoms. The van der Waals surface area contributed by atoms with Crippen molar-refractivity contribution in [3.8, 4) is 0 Å². The minimum atomic E-state index is -0.951. The molecule has 3 rings (SSSR count). The fourth-order valence-corrected chi connectivity index (χ4v) is 3.77. The van der Waals surface area contributed by atoms with E-state index in [0.717, 1.165) is 11.1 Å². The molecule has 126 valence electrons. The number of fused-ring (bicyclic) bond motifs is 1. The molecule has 7 heteroatoms. The molecule has 1 atom stereocenters. The van der Waals surface area contributed by atoms with Crippen molar-refractivity contribution in [3.05, 3.63) is 47.2 Å². The van der Waals surface area contributed by atoms with Gasteiger partial charge in [-0.3, -0.25) is 4.79 Å². The fourth-order valence-electron chi connectivity index (χ4n) is 2.68. The van der Waals surface area contributed by atoms with Crippen LogP contribution in [0.2, 0.25) is 0 Å². The summed E-state index contributed by atoms with van der Waals surface area (Å²) in [6, 6.07) is 6.78. The Morgan fingerprint density at radius 1 is 1.33 bits per heavy atom. The van der Waals surface area contributed by atoms with Crippen molar-refractivity contribution >= 4 is 29.5 Å². The summed E-state index contributed by atoms with van der Waals surface area (Å²) in [6.45, 7) is 6.09. The lowest BCUT2D eigenvalue weighted by atomic mass is 10.0. The van der Waals surface area contributed by atoms with Gasteiger partial charge in [0.15, 0.2) is 0 Å². The average molecular weight is 345 g/mol. The van der Waals surface area contributed by atoms with Crippen LogP contribution in [0.4, 0.5) is 5.82 Å². The molecule has 2 N–H and O–H groups in total. The van der Waals surface area contributed by atoms with Crippen LogP contribution in [0.1, 0.15) is 47.5 Å². The number of aromatic nitrogens is 2. The number of benzene rings is 1. The second kappa shape index (κ2) is 5.98. The van der Waals surface area contributed by atoms with Crippen LogP contribution in [0.3, 0.4) is 0 Å². The number of hydrogen-bond acceptors (Lipinski definition) is 4. The summed E-state index contributed by atoms with van der Waals surface area (Å²) in [5.41, 5.74) is 1.88. The van der Waals surface area contributed by atoms with Crippen molar-refractivity contribution < 1.29 is 14.7 Å². The number of amides is 1. The molecule has 0 saturated heterocycles. The lowest BCUT2D eigenvalue weighted by Gasteiger charge is -2.23. The number of aromatic carboxylic acids is 1. The normalized spacial score (nSPS) is 17.8. The first-order valence-electron chi connectivity index (χ1n) is 7.60. The molecule has 0 saturated carbocycles. The summed E-state index contributed by atoms with van der Waals surface area (Å²) in [5, 5.41) is 16.4. The molecule has 1 aliphatic rings. The predicted octanol–water partition coefficient (Wildman–Crippen LogP) is 3.11. The van der Waals surface area contributed by atoms with Crippen LogP contribution in [0.25, 0.3) is 0 Å². The van der Waals surface area contributed by atoms with Crippen LogP contribution in [0.5, 0.6) is 0 Å². The van der Waals surface area contributed by atoms with Crippen LogP contribution >= 0.6 is 11.8 Å². The zero-order chi connectivity index (χ0) is 17.5. The number of anilines is 1. The smallest absolute Gasteiger partial charge is 0.335 e. The minimum absolute atomic E-state index is 0.0584. The highest BCUT2D eigenvalue weighted by atomic mass is 32.2. The molecule has 24 heavy (non-hydrogen) atoms. The van der Waals surface area contributed by atoms with E-state index in [9.17, 15) is 9.59 Å². The number of nitrogens with one attached hydrogen (secondary N) is 1. The van der Waals surface area contributed by atoms with E-state index in [1.807, 2.05) is 25.5 Å². The highest BCUT2D eigenvalue weighted by molar-refractivity contribution is 8.00. The number of carbonyl (C=O) groups excluding carboxylic acids is 1. The number of nitrogens with zero attached hydrogens (tertiary/aromatic N) is 2. The van der Waals surface area contributed by atoms with E-state index >= 15 is 0 Å². The van der Waals surface area contributed by atoms with Crippen molar-refractivity contribution in [2.24, 2.45) is 0 Å². The minimum Gasteiger partial charge on any atom is -0.478 e. The molecule has 0 aliphatic carbocycles. The maximum atomic E-state index is 12.1. The molecule has 1 aromatic carbocycles. The Bertz CT molecular complexity index is 790. The van der Waals surface area contributed by atoms with Crippen LogP contribution in [-0.4, -0.2) is 32.5 Å². The quantitative estimate of drug-likeness (QED) is 0.874. The third-order valence-corrected chi connectivity index (χ3v) is 5.10. The van der Waals surface area contributed by atoms with Gasteiger partial charge in [0.1, 0.15) is 5.82 Å². The first kappa shape index (κ1) is 16.6. The first-order valence-corrected chi connectivity index (χ1v) is 8.65. The number of rotatable bonds is 2. The fraction of sp³-hybridized carbons (Fsp3) is 0.353. The van der Waals surface area contributed by atoms with Crippen LogP contribution in [-0.2, 0) is 10.3 Å².